The molecule has 71 heavy (non-hydrogen) atoms. The fourth-order valence-electron chi connectivity index (χ4n) is 11.7. The normalized spacial score (nSPS) is 16.5. The van der Waals surface area contributed by atoms with E-state index < -0.39 is 0 Å². The van der Waals surface area contributed by atoms with Crippen molar-refractivity contribution in [2.45, 2.75) is 105 Å². The molecule has 0 bridgehead atoms. The molecule has 3 aliphatic rings. The minimum atomic E-state index is 0.0227. The molecule has 0 radical (unpaired) electrons. The Morgan fingerprint density at radius 3 is 1.77 bits per heavy atom. The van der Waals surface area contributed by atoms with Crippen molar-refractivity contribution in [1.29, 1.82) is 0 Å². The predicted molar refractivity (Wildman–Crippen MR) is 308 cm³/mol. The molecule has 0 aliphatic heterocycles. The average Bonchev–Trinajstić information content (AvgIpc) is 3.88. The maximum Gasteiger partial charge on any atom is 0.0542 e. The van der Waals surface area contributed by atoms with Crippen molar-refractivity contribution >= 4 is 38.9 Å². The number of nitrogens with zero attached hydrogens (tertiary/aromatic N) is 2. The third kappa shape index (κ3) is 9.34. The Balaban J connectivity index is 0.000000190. The highest BCUT2D eigenvalue weighted by Gasteiger charge is 2.41. The maximum absolute atomic E-state index is 4.36. The van der Waals surface area contributed by atoms with Crippen LogP contribution in [0.5, 0.6) is 0 Å². The van der Waals surface area contributed by atoms with Gasteiger partial charge in [-0.25, -0.2) is 0 Å². The van der Waals surface area contributed by atoms with E-state index in [4.69, 9.17) is 0 Å². The van der Waals surface area contributed by atoms with Crippen LogP contribution in [0.15, 0.2) is 218 Å². The number of hydrogen-bond donors (Lipinski definition) is 0. The Bertz CT molecular complexity index is 3310. The third-order valence-corrected chi connectivity index (χ3v) is 15.8. The highest BCUT2D eigenvalue weighted by Crippen LogP contribution is 2.54. The number of benzene rings is 7. The lowest BCUT2D eigenvalue weighted by molar-refractivity contribution is 0.475. The number of aryl methyl sites for hydroxylation is 2. The van der Waals surface area contributed by atoms with E-state index in [1.54, 1.807) is 0 Å². The largest absolute Gasteiger partial charge is 0.310 e. The molecule has 2 heteroatoms. The predicted octanol–water partition coefficient (Wildman–Crippen LogP) is 19.5. The van der Waals surface area contributed by atoms with Crippen LogP contribution in [0.4, 0.5) is 17.1 Å². The van der Waals surface area contributed by atoms with E-state index in [9.17, 15) is 0 Å². The summed E-state index contributed by atoms with van der Waals surface area (Å²) in [5.74, 6) is 0. The first-order valence-corrected chi connectivity index (χ1v) is 26.1. The van der Waals surface area contributed by atoms with Crippen molar-refractivity contribution in [3.05, 3.63) is 252 Å². The molecule has 1 aromatic heterocycles. The van der Waals surface area contributed by atoms with E-state index in [1.807, 2.05) is 0 Å². The van der Waals surface area contributed by atoms with E-state index in [0.29, 0.717) is 5.41 Å². The van der Waals surface area contributed by atoms with Crippen molar-refractivity contribution in [1.82, 2.24) is 4.57 Å². The van der Waals surface area contributed by atoms with Crippen molar-refractivity contribution in [2.24, 2.45) is 5.41 Å². The lowest BCUT2D eigenvalue weighted by Gasteiger charge is -2.35. The number of allylic oxidation sites excluding steroid dienone is 9. The first-order chi connectivity index (χ1) is 34.5. The second-order valence-electron chi connectivity index (χ2n) is 20.6. The molecule has 0 spiro atoms. The van der Waals surface area contributed by atoms with Crippen molar-refractivity contribution in [3.63, 3.8) is 0 Å². The van der Waals surface area contributed by atoms with E-state index in [0.717, 1.165) is 43.5 Å². The molecule has 8 aromatic rings. The monoisotopic (exact) mass is 929 g/mol. The van der Waals surface area contributed by atoms with Gasteiger partial charge in [0.05, 0.1) is 11.0 Å². The molecule has 0 N–H and O–H groups in total. The summed E-state index contributed by atoms with van der Waals surface area (Å²) in [7, 11) is 0. The van der Waals surface area contributed by atoms with Gasteiger partial charge >= 0.3 is 0 Å². The average molecular weight is 929 g/mol. The molecular weight excluding hydrogens is 857 g/mol. The molecule has 1 heterocycles. The Morgan fingerprint density at radius 2 is 1.10 bits per heavy atom. The molecule has 0 amide bonds. The quantitative estimate of drug-likeness (QED) is 0.147. The van der Waals surface area contributed by atoms with Gasteiger partial charge in [0, 0.05) is 44.4 Å². The molecular formula is C69H72N2. The summed E-state index contributed by atoms with van der Waals surface area (Å²) < 4.78 is 2.39. The minimum absolute atomic E-state index is 0.0227. The highest BCUT2D eigenvalue weighted by molar-refractivity contribution is 6.11. The van der Waals surface area contributed by atoms with Crippen LogP contribution in [0.2, 0.25) is 0 Å². The molecule has 3 aliphatic carbocycles. The lowest BCUT2D eigenvalue weighted by atomic mass is 9.68. The summed E-state index contributed by atoms with van der Waals surface area (Å²) in [4.78, 5) is 2.43. The van der Waals surface area contributed by atoms with Gasteiger partial charge in [-0.1, -0.05) is 199 Å². The van der Waals surface area contributed by atoms with Crippen LogP contribution in [0.3, 0.4) is 0 Å². The lowest BCUT2D eigenvalue weighted by Crippen LogP contribution is -2.27. The molecule has 7 aromatic carbocycles. The smallest absolute Gasteiger partial charge is 0.0542 e. The number of rotatable bonds is 8. The molecule has 2 nitrogen and oxygen atoms in total. The number of fused-ring (bicyclic) bond motifs is 7. The van der Waals surface area contributed by atoms with Gasteiger partial charge in [-0.2, -0.15) is 0 Å². The van der Waals surface area contributed by atoms with Crippen LogP contribution in [-0.4, -0.2) is 4.57 Å². The van der Waals surface area contributed by atoms with E-state index in [1.165, 1.54) is 89.7 Å². The van der Waals surface area contributed by atoms with Gasteiger partial charge in [-0.15, -0.1) is 0 Å². The highest BCUT2D eigenvalue weighted by atomic mass is 15.1. The fourth-order valence-corrected chi connectivity index (χ4v) is 11.7. The van der Waals surface area contributed by atoms with Crippen LogP contribution < -0.4 is 4.90 Å². The molecule has 0 atom stereocenters. The Hall–Kier alpha value is -7.16. The second-order valence-corrected chi connectivity index (χ2v) is 20.6. The molecule has 11 rings (SSSR count). The minimum Gasteiger partial charge on any atom is -0.310 e. The number of aromatic nitrogens is 1. The van der Waals surface area contributed by atoms with Gasteiger partial charge in [0.15, 0.2) is 0 Å². The van der Waals surface area contributed by atoms with Crippen molar-refractivity contribution in [2.75, 3.05) is 4.90 Å². The number of para-hydroxylation sites is 2. The van der Waals surface area contributed by atoms with Crippen molar-refractivity contribution < 1.29 is 0 Å². The van der Waals surface area contributed by atoms with Crippen LogP contribution in [0.25, 0.3) is 38.6 Å². The van der Waals surface area contributed by atoms with E-state index in [-0.39, 0.29) is 10.8 Å². The first kappa shape index (κ1) is 48.8. The van der Waals surface area contributed by atoms with Gasteiger partial charge < -0.3 is 9.47 Å². The Kier molecular flexibility index (Phi) is 14.2. The number of anilines is 3. The maximum atomic E-state index is 4.36. The zero-order valence-electron chi connectivity index (χ0n) is 43.5. The van der Waals surface area contributed by atoms with Crippen LogP contribution in [0.1, 0.15) is 107 Å². The molecule has 0 saturated heterocycles. The zero-order chi connectivity index (χ0) is 49.8. The molecule has 358 valence electrons. The van der Waals surface area contributed by atoms with Gasteiger partial charge in [-0.3, -0.25) is 0 Å². The van der Waals surface area contributed by atoms with Gasteiger partial charge in [-0.05, 0) is 163 Å². The van der Waals surface area contributed by atoms with Crippen LogP contribution >= 0.6 is 0 Å². The third-order valence-electron chi connectivity index (χ3n) is 15.8. The Labute approximate surface area is 425 Å². The van der Waals surface area contributed by atoms with Gasteiger partial charge in [0.25, 0.3) is 0 Å². The summed E-state index contributed by atoms with van der Waals surface area (Å²) in [6.45, 7) is 22.4. The summed E-state index contributed by atoms with van der Waals surface area (Å²) in [6, 6.07) is 58.3. The van der Waals surface area contributed by atoms with Crippen LogP contribution in [0, 0.1) is 19.3 Å². The topological polar surface area (TPSA) is 8.17 Å². The molecule has 0 unspecified atom stereocenters. The van der Waals surface area contributed by atoms with Crippen LogP contribution in [-0.2, 0) is 17.3 Å². The number of hydrogen-bond acceptors (Lipinski definition) is 1. The second kappa shape index (κ2) is 20.7. The summed E-state index contributed by atoms with van der Waals surface area (Å²) in [6.07, 6.45) is 23.9. The van der Waals surface area contributed by atoms with Crippen molar-refractivity contribution in [3.8, 4) is 16.8 Å². The summed E-state index contributed by atoms with van der Waals surface area (Å²) in [5.41, 5.74) is 20.1. The van der Waals surface area contributed by atoms with E-state index >= 15 is 0 Å². The summed E-state index contributed by atoms with van der Waals surface area (Å²) >= 11 is 0. The molecule has 0 fully saturated rings. The first-order valence-electron chi connectivity index (χ1n) is 26.1. The SMILES string of the molecule is C=C1/C=C\C=C/Cc2ccc(C)cc2C1(CC)CC.CC1(C)C=CC=CC1.CCC1(CC)c2ccccc2-c2ccc(N(c3ccccc3)c3ccc4c(c3)c3cc(C)ccc3n4-c3ccccc3)cc21. The van der Waals surface area contributed by atoms with Gasteiger partial charge in [0.2, 0.25) is 0 Å². The Morgan fingerprint density at radius 1 is 0.507 bits per heavy atom. The zero-order valence-corrected chi connectivity index (χ0v) is 43.5. The fraction of sp³-hybridized carbons (Fsp3) is 0.246. The standard InChI is InChI=1S/C42H36N2.C19H24.C8H12/c1-4-42(5-2)38-19-13-12-18-34(38)35-23-21-33(28-39(35)42)43(30-14-8-6-9-15-30)32-22-25-41-37(27-32)36-26-29(3)20-24-40(36)44(41)31-16-10-7-11-17-31;1-5-19(6-2)16(4)10-8-7-9-11-17-13-12-15(3)14-18(17)19;1-8(2)6-4-3-5-7-8/h6-28H,4-5H2,1-3H3;7-10,12-14H,4-6,11H2,1-3H3;3-6H,7H2,1-2H3/b;9-7-,10-8-;. The molecule has 0 saturated carbocycles. The summed E-state index contributed by atoms with van der Waals surface area (Å²) in [5, 5.41) is 2.54. The van der Waals surface area contributed by atoms with Gasteiger partial charge in [0.1, 0.15) is 0 Å². The van der Waals surface area contributed by atoms with E-state index in [2.05, 4.69) is 278 Å².